The van der Waals surface area contributed by atoms with Gasteiger partial charge in [-0.15, -0.1) is 0 Å². The maximum absolute atomic E-state index is 13.0. The quantitative estimate of drug-likeness (QED) is 0.0178. The number of rotatable bonds is 41. The van der Waals surface area contributed by atoms with Gasteiger partial charge in [0.05, 0.1) is 19.8 Å². The van der Waals surface area contributed by atoms with Crippen molar-refractivity contribution in [3.05, 3.63) is 24.3 Å². The zero-order valence-corrected chi connectivity index (χ0v) is 41.4. The van der Waals surface area contributed by atoms with Gasteiger partial charge in [0.1, 0.15) is 55.4 Å². The summed E-state index contributed by atoms with van der Waals surface area (Å²) in [7, 11) is 0. The molecule has 2 saturated heterocycles. The number of allylic oxidation sites excluding steroid dienone is 4. The van der Waals surface area contributed by atoms with Gasteiger partial charge >= 0.3 is 11.9 Å². The van der Waals surface area contributed by atoms with E-state index in [1.165, 1.54) is 103 Å². The van der Waals surface area contributed by atoms with E-state index in [2.05, 4.69) is 38.2 Å². The van der Waals surface area contributed by atoms with Crippen LogP contribution in [0.2, 0.25) is 0 Å². The monoisotopic (exact) mass is 959 g/mol. The van der Waals surface area contributed by atoms with Gasteiger partial charge in [-0.3, -0.25) is 9.59 Å². The maximum atomic E-state index is 13.0. The molecular formula is C52H94O15. The average Bonchev–Trinajstić information content (AvgIpc) is 3.32. The molecule has 2 rings (SSSR count). The molecule has 4 unspecified atom stereocenters. The molecule has 11 atom stereocenters. The second-order valence-corrected chi connectivity index (χ2v) is 18.7. The van der Waals surface area contributed by atoms with E-state index in [0.717, 1.165) is 57.8 Å². The fourth-order valence-corrected chi connectivity index (χ4v) is 8.33. The van der Waals surface area contributed by atoms with Gasteiger partial charge in [0.15, 0.2) is 18.7 Å². The Bertz CT molecular complexity index is 1270. The van der Waals surface area contributed by atoms with E-state index in [4.69, 9.17) is 28.4 Å². The summed E-state index contributed by atoms with van der Waals surface area (Å²) in [6.45, 7) is 2.57. The van der Waals surface area contributed by atoms with Crippen molar-refractivity contribution in [1.82, 2.24) is 0 Å². The van der Waals surface area contributed by atoms with Crippen LogP contribution in [0.3, 0.4) is 0 Å². The predicted molar refractivity (Wildman–Crippen MR) is 257 cm³/mol. The van der Waals surface area contributed by atoms with Gasteiger partial charge in [-0.1, -0.05) is 173 Å². The van der Waals surface area contributed by atoms with E-state index in [-0.39, 0.29) is 26.1 Å². The Morgan fingerprint density at radius 1 is 0.478 bits per heavy atom. The summed E-state index contributed by atoms with van der Waals surface area (Å²) in [4.78, 5) is 25.8. The van der Waals surface area contributed by atoms with Crippen LogP contribution in [0.5, 0.6) is 0 Å². The molecule has 0 aromatic carbocycles. The Morgan fingerprint density at radius 2 is 0.881 bits per heavy atom. The molecule has 2 aliphatic rings. The molecule has 0 saturated carbocycles. The van der Waals surface area contributed by atoms with Crippen molar-refractivity contribution in [3.63, 3.8) is 0 Å². The number of carbonyl (C=O) groups is 2. The predicted octanol–water partition coefficient (Wildman–Crippen LogP) is 7.55. The molecule has 67 heavy (non-hydrogen) atoms. The van der Waals surface area contributed by atoms with Crippen LogP contribution in [0.4, 0.5) is 0 Å². The second kappa shape index (κ2) is 39.7. The Kier molecular flexibility index (Phi) is 36.2. The van der Waals surface area contributed by atoms with Crippen molar-refractivity contribution in [2.75, 3.05) is 26.4 Å². The lowest BCUT2D eigenvalue weighted by atomic mass is 9.98. The Morgan fingerprint density at radius 3 is 1.37 bits per heavy atom. The minimum Gasteiger partial charge on any atom is -0.462 e. The number of esters is 2. The van der Waals surface area contributed by atoms with E-state index in [9.17, 15) is 45.3 Å². The first-order chi connectivity index (χ1) is 32.5. The molecule has 0 radical (unpaired) electrons. The first-order valence-electron chi connectivity index (χ1n) is 26.4. The van der Waals surface area contributed by atoms with Crippen LogP contribution < -0.4 is 0 Å². The van der Waals surface area contributed by atoms with Crippen molar-refractivity contribution in [2.24, 2.45) is 0 Å². The lowest BCUT2D eigenvalue weighted by Crippen LogP contribution is -2.61. The summed E-state index contributed by atoms with van der Waals surface area (Å²) < 4.78 is 33.6. The summed E-state index contributed by atoms with van der Waals surface area (Å²) in [6, 6.07) is 0. The number of carbonyl (C=O) groups excluding carboxylic acids is 2. The van der Waals surface area contributed by atoms with Crippen LogP contribution in [0.1, 0.15) is 200 Å². The molecular weight excluding hydrogens is 865 g/mol. The second-order valence-electron chi connectivity index (χ2n) is 18.7. The first-order valence-corrected chi connectivity index (χ1v) is 26.4. The van der Waals surface area contributed by atoms with Gasteiger partial charge < -0.3 is 64.2 Å². The Labute approximate surface area is 403 Å². The van der Waals surface area contributed by atoms with Crippen LogP contribution in [0.25, 0.3) is 0 Å². The summed E-state index contributed by atoms with van der Waals surface area (Å²) in [5.74, 6) is -0.934. The highest BCUT2D eigenvalue weighted by Crippen LogP contribution is 2.26. The van der Waals surface area contributed by atoms with Gasteiger partial charge in [-0.05, 0) is 38.5 Å². The zero-order valence-electron chi connectivity index (χ0n) is 41.4. The molecule has 15 heteroatoms. The lowest BCUT2D eigenvalue weighted by molar-refractivity contribution is -0.332. The topological polar surface area (TPSA) is 231 Å². The standard InChI is InChI=1S/C52H94O15/c1-3-5-7-9-11-13-15-17-19-21-23-25-27-29-31-33-35-44(55)65-40(37-62-43(54)34-32-30-28-26-24-22-20-18-16-14-12-10-8-6-4-2)38-63-51-50(61)48(59)46(57)42(67-51)39-64-52-49(60)47(58)45(56)41(36-53)66-52/h14,16,18,20,40-42,45-53,56-61H,3-13,15,17,19,21-39H2,1-2H3/b16-14+,20-18+/t40-,41-,42-,45+,46+,47?,48?,49?,50?,51-,52-/m1/s1. The van der Waals surface area contributed by atoms with Crippen molar-refractivity contribution < 1.29 is 73.8 Å². The van der Waals surface area contributed by atoms with Gasteiger partial charge in [0.25, 0.3) is 0 Å². The number of unbranched alkanes of at least 4 members (excludes halogenated alkanes) is 24. The van der Waals surface area contributed by atoms with Gasteiger partial charge in [0, 0.05) is 12.8 Å². The molecule has 2 fully saturated rings. The van der Waals surface area contributed by atoms with Crippen LogP contribution >= 0.6 is 0 Å². The number of hydrogen-bond acceptors (Lipinski definition) is 15. The molecule has 2 heterocycles. The van der Waals surface area contributed by atoms with Crippen LogP contribution in [-0.2, 0) is 38.0 Å². The van der Waals surface area contributed by atoms with Crippen molar-refractivity contribution in [1.29, 1.82) is 0 Å². The molecule has 15 nitrogen and oxygen atoms in total. The summed E-state index contributed by atoms with van der Waals surface area (Å²) in [5, 5.41) is 72.1. The summed E-state index contributed by atoms with van der Waals surface area (Å²) >= 11 is 0. The highest BCUT2D eigenvalue weighted by molar-refractivity contribution is 5.70. The third-order valence-corrected chi connectivity index (χ3v) is 12.7. The van der Waals surface area contributed by atoms with Crippen LogP contribution in [-0.4, -0.2) is 142 Å². The average molecular weight is 959 g/mol. The minimum atomic E-state index is -1.76. The molecule has 7 N–H and O–H groups in total. The molecule has 0 aromatic heterocycles. The Hall–Kier alpha value is -2.02. The van der Waals surface area contributed by atoms with E-state index in [1.807, 2.05) is 0 Å². The normalized spacial score (nSPS) is 26.1. The highest BCUT2D eigenvalue weighted by atomic mass is 16.7. The summed E-state index contributed by atoms with van der Waals surface area (Å²) in [5.41, 5.74) is 0. The van der Waals surface area contributed by atoms with E-state index in [0.29, 0.717) is 12.8 Å². The van der Waals surface area contributed by atoms with Crippen molar-refractivity contribution in [2.45, 2.75) is 268 Å². The third kappa shape index (κ3) is 27.8. The van der Waals surface area contributed by atoms with Crippen LogP contribution in [0, 0.1) is 0 Å². The zero-order chi connectivity index (χ0) is 48.9. The van der Waals surface area contributed by atoms with Crippen LogP contribution in [0.15, 0.2) is 24.3 Å². The maximum Gasteiger partial charge on any atom is 0.306 e. The van der Waals surface area contributed by atoms with Gasteiger partial charge in [-0.2, -0.15) is 0 Å². The minimum absolute atomic E-state index is 0.166. The van der Waals surface area contributed by atoms with Gasteiger partial charge in [-0.25, -0.2) is 0 Å². The molecule has 0 amide bonds. The molecule has 392 valence electrons. The molecule has 0 aromatic rings. The fourth-order valence-electron chi connectivity index (χ4n) is 8.33. The summed E-state index contributed by atoms with van der Waals surface area (Å²) in [6.07, 6.45) is 23.4. The number of hydrogen-bond donors (Lipinski definition) is 7. The van der Waals surface area contributed by atoms with E-state index in [1.54, 1.807) is 0 Å². The number of aliphatic hydroxyl groups excluding tert-OH is 7. The third-order valence-electron chi connectivity index (χ3n) is 12.7. The Balaban J connectivity index is 1.80. The molecule has 0 bridgehead atoms. The van der Waals surface area contributed by atoms with Crippen molar-refractivity contribution in [3.8, 4) is 0 Å². The van der Waals surface area contributed by atoms with E-state index >= 15 is 0 Å². The lowest BCUT2D eigenvalue weighted by Gasteiger charge is -2.42. The highest BCUT2D eigenvalue weighted by Gasteiger charge is 2.47. The molecule has 0 aliphatic carbocycles. The van der Waals surface area contributed by atoms with E-state index < -0.39 is 92.7 Å². The molecule has 2 aliphatic heterocycles. The largest absolute Gasteiger partial charge is 0.462 e. The number of ether oxygens (including phenoxy) is 6. The van der Waals surface area contributed by atoms with Gasteiger partial charge in [0.2, 0.25) is 0 Å². The number of aliphatic hydroxyl groups is 7. The smallest absolute Gasteiger partial charge is 0.306 e. The van der Waals surface area contributed by atoms with Crippen molar-refractivity contribution >= 4 is 11.9 Å². The fraction of sp³-hybridized carbons (Fsp3) is 0.885. The molecule has 0 spiro atoms. The first kappa shape index (κ1) is 61.1. The SMILES string of the molecule is CCCCCC/C=C/C=C/CCCCCCCC(=O)OC[C@H](CO[C@@H]1O[C@H](CO[C@@H]2O[C@H](CO)[C@H](O)C(O)C2O)[C@H](O)C(O)C1O)OC(=O)CCCCCCCCCCCCCCCCCC.